The fraction of sp³-hybridized carbons (Fsp3) is 0.231. The third kappa shape index (κ3) is 2.64. The molecule has 0 unspecified atom stereocenters. The maximum absolute atomic E-state index is 8.73. The van der Waals surface area contributed by atoms with Crippen LogP contribution in [0.15, 0.2) is 42.7 Å². The molecule has 0 radical (unpaired) electrons. The van der Waals surface area contributed by atoms with E-state index in [4.69, 9.17) is 5.11 Å². The summed E-state index contributed by atoms with van der Waals surface area (Å²) in [5.74, 6) is 0. The average molecular weight is 214 g/mol. The maximum atomic E-state index is 8.73. The zero-order valence-electron chi connectivity index (χ0n) is 9.00. The summed E-state index contributed by atoms with van der Waals surface area (Å²) in [5, 5.41) is 8.73. The Morgan fingerprint density at radius 3 is 2.50 bits per heavy atom. The molecule has 0 atom stereocenters. The Kier molecular flexibility index (Phi) is 3.62. The summed E-state index contributed by atoms with van der Waals surface area (Å²) in [7, 11) is 0. The molecule has 0 spiro atoms. The van der Waals surface area contributed by atoms with Crippen molar-refractivity contribution < 1.29 is 5.11 Å². The minimum Gasteiger partial charge on any atom is -0.396 e. The largest absolute Gasteiger partial charge is 0.396 e. The van der Waals surface area contributed by atoms with Gasteiger partial charge in [-0.2, -0.15) is 0 Å². The second kappa shape index (κ2) is 5.37. The molecular weight excluding hydrogens is 200 g/mol. The first kappa shape index (κ1) is 10.8. The summed E-state index contributed by atoms with van der Waals surface area (Å²) in [4.78, 5) is 8.60. The number of pyridine rings is 2. The van der Waals surface area contributed by atoms with Gasteiger partial charge < -0.3 is 5.11 Å². The molecule has 0 saturated carbocycles. The quantitative estimate of drug-likeness (QED) is 0.847. The average Bonchev–Trinajstić information content (AvgIpc) is 2.38. The number of aliphatic hydroxyl groups is 1. The number of aromatic nitrogens is 2. The molecule has 82 valence electrons. The van der Waals surface area contributed by atoms with Crippen molar-refractivity contribution >= 4 is 0 Å². The molecule has 0 aliphatic rings. The summed E-state index contributed by atoms with van der Waals surface area (Å²) in [6.07, 6.45) is 5.26. The van der Waals surface area contributed by atoms with Crippen LogP contribution in [0.4, 0.5) is 0 Å². The first-order chi connectivity index (χ1) is 7.90. The van der Waals surface area contributed by atoms with Gasteiger partial charge in [0.1, 0.15) is 0 Å². The topological polar surface area (TPSA) is 46.0 Å². The van der Waals surface area contributed by atoms with E-state index >= 15 is 0 Å². The van der Waals surface area contributed by atoms with Gasteiger partial charge in [0.05, 0.1) is 11.4 Å². The lowest BCUT2D eigenvalue weighted by atomic mass is 10.1. The SMILES string of the molecule is OCCCc1ccc(-c2ccccn2)nc1. The molecule has 2 aromatic rings. The van der Waals surface area contributed by atoms with Crippen LogP contribution in [-0.4, -0.2) is 21.7 Å². The van der Waals surface area contributed by atoms with E-state index in [0.29, 0.717) is 0 Å². The zero-order valence-corrected chi connectivity index (χ0v) is 9.00. The monoisotopic (exact) mass is 214 g/mol. The number of rotatable bonds is 4. The van der Waals surface area contributed by atoms with Crippen molar-refractivity contribution in [3.8, 4) is 11.4 Å². The number of hydrogen-bond donors (Lipinski definition) is 1. The minimum absolute atomic E-state index is 0.224. The van der Waals surface area contributed by atoms with E-state index in [1.54, 1.807) is 6.20 Å². The Hall–Kier alpha value is -1.74. The van der Waals surface area contributed by atoms with E-state index in [0.717, 1.165) is 29.8 Å². The van der Waals surface area contributed by atoms with Crippen molar-refractivity contribution in [3.05, 3.63) is 48.3 Å². The standard InChI is InChI=1S/C13H14N2O/c16-9-3-4-11-6-7-13(15-10-11)12-5-1-2-8-14-12/h1-2,5-8,10,16H,3-4,9H2. The van der Waals surface area contributed by atoms with Crippen LogP contribution in [0.25, 0.3) is 11.4 Å². The van der Waals surface area contributed by atoms with Gasteiger partial charge in [0.2, 0.25) is 0 Å². The second-order valence-electron chi connectivity index (χ2n) is 3.59. The smallest absolute Gasteiger partial charge is 0.0886 e. The number of nitrogens with zero attached hydrogens (tertiary/aromatic N) is 2. The molecule has 16 heavy (non-hydrogen) atoms. The molecule has 2 aromatic heterocycles. The fourth-order valence-electron chi connectivity index (χ4n) is 1.52. The van der Waals surface area contributed by atoms with Crippen molar-refractivity contribution in [2.75, 3.05) is 6.61 Å². The van der Waals surface area contributed by atoms with Gasteiger partial charge in [-0.05, 0) is 36.6 Å². The molecule has 0 saturated heterocycles. The summed E-state index contributed by atoms with van der Waals surface area (Å²) in [6.45, 7) is 0.224. The Balaban J connectivity index is 2.13. The molecule has 0 bridgehead atoms. The van der Waals surface area contributed by atoms with E-state index in [9.17, 15) is 0 Å². The molecule has 0 amide bonds. The third-order valence-electron chi connectivity index (χ3n) is 2.38. The fourth-order valence-corrected chi connectivity index (χ4v) is 1.52. The summed E-state index contributed by atoms with van der Waals surface area (Å²) in [5.41, 5.74) is 2.92. The molecule has 0 aliphatic carbocycles. The Bertz CT molecular complexity index is 425. The van der Waals surface area contributed by atoms with Gasteiger partial charge in [-0.3, -0.25) is 9.97 Å². The van der Waals surface area contributed by atoms with Crippen LogP contribution < -0.4 is 0 Å². The molecule has 3 heteroatoms. The van der Waals surface area contributed by atoms with Crippen molar-refractivity contribution in [2.45, 2.75) is 12.8 Å². The molecule has 0 aromatic carbocycles. The molecule has 0 aliphatic heterocycles. The number of hydrogen-bond acceptors (Lipinski definition) is 3. The molecule has 3 nitrogen and oxygen atoms in total. The van der Waals surface area contributed by atoms with Crippen LogP contribution in [0.3, 0.4) is 0 Å². The van der Waals surface area contributed by atoms with Crippen molar-refractivity contribution in [3.63, 3.8) is 0 Å². The van der Waals surface area contributed by atoms with Gasteiger partial charge >= 0.3 is 0 Å². The highest BCUT2D eigenvalue weighted by atomic mass is 16.2. The minimum atomic E-state index is 0.224. The van der Waals surface area contributed by atoms with Crippen LogP contribution in [0, 0.1) is 0 Å². The number of aryl methyl sites for hydroxylation is 1. The number of aliphatic hydroxyl groups excluding tert-OH is 1. The first-order valence-corrected chi connectivity index (χ1v) is 5.37. The van der Waals surface area contributed by atoms with Crippen molar-refractivity contribution in [1.29, 1.82) is 0 Å². The molecule has 2 rings (SSSR count). The van der Waals surface area contributed by atoms with E-state index < -0.39 is 0 Å². The Morgan fingerprint density at radius 2 is 1.88 bits per heavy atom. The second-order valence-corrected chi connectivity index (χ2v) is 3.59. The molecular formula is C13H14N2O. The highest BCUT2D eigenvalue weighted by molar-refractivity contribution is 5.53. The summed E-state index contributed by atoms with van der Waals surface area (Å²) >= 11 is 0. The summed E-state index contributed by atoms with van der Waals surface area (Å²) < 4.78 is 0. The van der Waals surface area contributed by atoms with Crippen LogP contribution in [-0.2, 0) is 6.42 Å². The molecule has 0 fully saturated rings. The van der Waals surface area contributed by atoms with Gasteiger partial charge in [0.25, 0.3) is 0 Å². The van der Waals surface area contributed by atoms with Crippen molar-refractivity contribution in [2.24, 2.45) is 0 Å². The van der Waals surface area contributed by atoms with E-state index in [1.165, 1.54) is 0 Å². The molecule has 1 N–H and O–H groups in total. The van der Waals surface area contributed by atoms with Crippen LogP contribution in [0.1, 0.15) is 12.0 Å². The lowest BCUT2D eigenvalue weighted by Crippen LogP contribution is -1.92. The van der Waals surface area contributed by atoms with Crippen molar-refractivity contribution in [1.82, 2.24) is 9.97 Å². The highest BCUT2D eigenvalue weighted by Gasteiger charge is 1.99. The third-order valence-corrected chi connectivity index (χ3v) is 2.38. The normalized spacial score (nSPS) is 10.3. The zero-order chi connectivity index (χ0) is 11.2. The Morgan fingerprint density at radius 1 is 1.00 bits per heavy atom. The Labute approximate surface area is 94.8 Å². The lowest BCUT2D eigenvalue weighted by molar-refractivity contribution is 0.288. The highest BCUT2D eigenvalue weighted by Crippen LogP contribution is 2.13. The first-order valence-electron chi connectivity index (χ1n) is 5.37. The van der Waals surface area contributed by atoms with Crippen LogP contribution in [0.2, 0.25) is 0 Å². The maximum Gasteiger partial charge on any atom is 0.0886 e. The van der Waals surface area contributed by atoms with Crippen LogP contribution in [0.5, 0.6) is 0 Å². The lowest BCUT2D eigenvalue weighted by Gasteiger charge is -2.02. The van der Waals surface area contributed by atoms with Gasteiger partial charge in [-0.15, -0.1) is 0 Å². The summed E-state index contributed by atoms with van der Waals surface area (Å²) in [6, 6.07) is 9.78. The van der Waals surface area contributed by atoms with Gasteiger partial charge in [0, 0.05) is 19.0 Å². The van der Waals surface area contributed by atoms with E-state index in [-0.39, 0.29) is 6.61 Å². The van der Waals surface area contributed by atoms with Gasteiger partial charge in [-0.25, -0.2) is 0 Å². The molecule has 2 heterocycles. The predicted octanol–water partition coefficient (Wildman–Crippen LogP) is 2.07. The van der Waals surface area contributed by atoms with E-state index in [1.807, 2.05) is 36.5 Å². The predicted molar refractivity (Wildman–Crippen MR) is 62.9 cm³/mol. The van der Waals surface area contributed by atoms with Gasteiger partial charge in [0.15, 0.2) is 0 Å². The van der Waals surface area contributed by atoms with Crippen LogP contribution >= 0.6 is 0 Å². The van der Waals surface area contributed by atoms with Gasteiger partial charge in [-0.1, -0.05) is 12.1 Å². The van der Waals surface area contributed by atoms with E-state index in [2.05, 4.69) is 9.97 Å².